The Hall–Kier alpha value is -2.25. The van der Waals surface area contributed by atoms with E-state index in [-0.39, 0.29) is 19.2 Å². The summed E-state index contributed by atoms with van der Waals surface area (Å²) in [6, 6.07) is -2.03. The van der Waals surface area contributed by atoms with Crippen LogP contribution in [-0.2, 0) is 14.3 Å². The van der Waals surface area contributed by atoms with Crippen LogP contribution in [0.15, 0.2) is 12.7 Å². The minimum Gasteiger partial charge on any atom is -0.480 e. The number of likely N-dealkylation sites (tertiary alicyclic amines) is 1. The van der Waals surface area contributed by atoms with E-state index in [0.717, 1.165) is 0 Å². The van der Waals surface area contributed by atoms with E-state index in [2.05, 4.69) is 6.58 Å². The van der Waals surface area contributed by atoms with Crippen molar-refractivity contribution in [3.8, 4) is 0 Å². The molecule has 1 N–H and O–H groups in total. The van der Waals surface area contributed by atoms with E-state index in [9.17, 15) is 19.5 Å². The number of carbonyl (C=O) groups is 3. The standard InChI is InChI=1S/C16H24N2O6/c1-5-8-23-14(21)17-9-10-6-7-11(12(17)13(19)20)18(10)15(22)24-16(2,3)4/h5,10-12H,1,6-9H2,2-4H3,(H,19,20)/t10-,11+,12+/m0/s1. The first-order chi connectivity index (χ1) is 11.2. The molecule has 0 aromatic heterocycles. The second-order valence-corrected chi connectivity index (χ2v) is 6.99. The predicted octanol–water partition coefficient (Wildman–Crippen LogP) is 1.85. The first-order valence-corrected chi connectivity index (χ1v) is 7.94. The van der Waals surface area contributed by atoms with Gasteiger partial charge in [0.25, 0.3) is 0 Å². The lowest BCUT2D eigenvalue weighted by Gasteiger charge is -2.44. The zero-order valence-electron chi connectivity index (χ0n) is 14.2. The summed E-state index contributed by atoms with van der Waals surface area (Å²) < 4.78 is 10.4. The summed E-state index contributed by atoms with van der Waals surface area (Å²) in [5, 5.41) is 9.59. The van der Waals surface area contributed by atoms with Gasteiger partial charge in [0.1, 0.15) is 12.2 Å². The van der Waals surface area contributed by atoms with Crippen LogP contribution in [0.3, 0.4) is 0 Å². The first kappa shape index (κ1) is 18.1. The van der Waals surface area contributed by atoms with Crippen molar-refractivity contribution in [1.82, 2.24) is 9.80 Å². The third-order valence-corrected chi connectivity index (χ3v) is 4.07. The summed E-state index contributed by atoms with van der Waals surface area (Å²) in [7, 11) is 0. The van der Waals surface area contributed by atoms with E-state index in [1.807, 2.05) is 0 Å². The van der Waals surface area contributed by atoms with Crippen molar-refractivity contribution in [3.05, 3.63) is 12.7 Å². The molecule has 2 rings (SSSR count). The molecular weight excluding hydrogens is 316 g/mol. The first-order valence-electron chi connectivity index (χ1n) is 7.94. The largest absolute Gasteiger partial charge is 0.480 e. The topological polar surface area (TPSA) is 96.4 Å². The molecule has 2 heterocycles. The smallest absolute Gasteiger partial charge is 0.410 e. The van der Waals surface area contributed by atoms with Crippen LogP contribution in [0.5, 0.6) is 0 Å². The molecule has 0 spiro atoms. The van der Waals surface area contributed by atoms with Crippen molar-refractivity contribution in [2.75, 3.05) is 13.2 Å². The molecule has 3 atom stereocenters. The number of hydrogen-bond acceptors (Lipinski definition) is 5. The summed E-state index contributed by atoms with van der Waals surface area (Å²) in [5.41, 5.74) is -0.671. The Morgan fingerprint density at radius 2 is 1.92 bits per heavy atom. The summed E-state index contributed by atoms with van der Waals surface area (Å²) in [4.78, 5) is 39.0. The van der Waals surface area contributed by atoms with Crippen molar-refractivity contribution >= 4 is 18.2 Å². The number of piperazine rings is 1. The van der Waals surface area contributed by atoms with Crippen molar-refractivity contribution in [2.24, 2.45) is 0 Å². The molecule has 0 aromatic rings. The summed E-state index contributed by atoms with van der Waals surface area (Å²) in [6.45, 7) is 8.85. The molecule has 2 saturated heterocycles. The lowest BCUT2D eigenvalue weighted by atomic mass is 10.0. The van der Waals surface area contributed by atoms with E-state index < -0.39 is 35.8 Å². The molecule has 2 aliphatic heterocycles. The molecule has 0 aromatic carbocycles. The van der Waals surface area contributed by atoms with Crippen molar-refractivity contribution in [1.29, 1.82) is 0 Å². The molecule has 8 nitrogen and oxygen atoms in total. The van der Waals surface area contributed by atoms with Gasteiger partial charge in [-0.25, -0.2) is 14.4 Å². The number of nitrogens with zero attached hydrogens (tertiary/aromatic N) is 2. The zero-order valence-corrected chi connectivity index (χ0v) is 14.2. The molecule has 2 amide bonds. The lowest BCUT2D eigenvalue weighted by molar-refractivity contribution is -0.147. The Balaban J connectivity index is 2.21. The van der Waals surface area contributed by atoms with Crippen LogP contribution in [0.25, 0.3) is 0 Å². The Kier molecular flexibility index (Phi) is 5.05. The van der Waals surface area contributed by atoms with Crippen LogP contribution >= 0.6 is 0 Å². The van der Waals surface area contributed by atoms with Gasteiger partial charge >= 0.3 is 18.2 Å². The van der Waals surface area contributed by atoms with Gasteiger partial charge in [-0.3, -0.25) is 9.80 Å². The van der Waals surface area contributed by atoms with Gasteiger partial charge in [0, 0.05) is 6.54 Å². The summed E-state index contributed by atoms with van der Waals surface area (Å²) in [6.07, 6.45) is 1.30. The van der Waals surface area contributed by atoms with Gasteiger partial charge in [-0.1, -0.05) is 12.7 Å². The van der Waals surface area contributed by atoms with Crippen LogP contribution in [-0.4, -0.2) is 69.9 Å². The highest BCUT2D eigenvalue weighted by Crippen LogP contribution is 2.36. The SMILES string of the molecule is C=CCOC(=O)N1C[C@@H]2CC[C@H]([C@@H]1C(=O)O)N2C(=O)OC(C)(C)C. The number of carbonyl (C=O) groups excluding carboxylic acids is 2. The van der Waals surface area contributed by atoms with Crippen molar-refractivity contribution in [2.45, 2.75) is 57.3 Å². The van der Waals surface area contributed by atoms with Crippen LogP contribution < -0.4 is 0 Å². The molecule has 0 radical (unpaired) electrons. The highest BCUT2D eigenvalue weighted by atomic mass is 16.6. The average Bonchev–Trinajstić information content (AvgIpc) is 2.76. The van der Waals surface area contributed by atoms with E-state index in [1.165, 1.54) is 15.9 Å². The van der Waals surface area contributed by atoms with Gasteiger partial charge < -0.3 is 14.6 Å². The van der Waals surface area contributed by atoms with E-state index in [4.69, 9.17) is 9.47 Å². The molecule has 2 bridgehead atoms. The van der Waals surface area contributed by atoms with Crippen LogP contribution in [0.1, 0.15) is 33.6 Å². The van der Waals surface area contributed by atoms with Gasteiger partial charge in [-0.15, -0.1) is 0 Å². The number of ether oxygens (including phenoxy) is 2. The normalized spacial score (nSPS) is 26.0. The fourth-order valence-electron chi connectivity index (χ4n) is 3.25. The maximum Gasteiger partial charge on any atom is 0.410 e. The third kappa shape index (κ3) is 3.63. The average molecular weight is 340 g/mol. The molecule has 0 aliphatic carbocycles. The maximum atomic E-state index is 12.5. The quantitative estimate of drug-likeness (QED) is 0.788. The highest BCUT2D eigenvalue weighted by Gasteiger charge is 2.54. The van der Waals surface area contributed by atoms with Gasteiger partial charge in [0.15, 0.2) is 6.04 Å². The van der Waals surface area contributed by atoms with Gasteiger partial charge in [-0.2, -0.15) is 0 Å². The van der Waals surface area contributed by atoms with Crippen LogP contribution in [0, 0.1) is 0 Å². The number of rotatable bonds is 3. The molecule has 2 aliphatic rings. The van der Waals surface area contributed by atoms with Crippen LogP contribution in [0.4, 0.5) is 9.59 Å². The van der Waals surface area contributed by atoms with Gasteiger partial charge in [-0.05, 0) is 33.6 Å². The zero-order chi connectivity index (χ0) is 18.1. The number of hydrogen-bond donors (Lipinski definition) is 1. The van der Waals surface area contributed by atoms with Gasteiger partial charge in [0.05, 0.1) is 12.1 Å². The summed E-state index contributed by atoms with van der Waals surface area (Å²) >= 11 is 0. The minimum absolute atomic E-state index is 0.00673. The Morgan fingerprint density at radius 3 is 2.46 bits per heavy atom. The van der Waals surface area contributed by atoms with Crippen molar-refractivity contribution in [3.63, 3.8) is 0 Å². The lowest BCUT2D eigenvalue weighted by Crippen LogP contribution is -2.65. The summed E-state index contributed by atoms with van der Waals surface area (Å²) in [5.74, 6) is -1.16. The number of carboxylic acid groups (broad SMARTS) is 1. The molecule has 8 heteroatoms. The molecule has 0 saturated carbocycles. The number of fused-ring (bicyclic) bond motifs is 2. The van der Waals surface area contributed by atoms with E-state index >= 15 is 0 Å². The third-order valence-electron chi connectivity index (χ3n) is 4.07. The molecule has 24 heavy (non-hydrogen) atoms. The fraction of sp³-hybridized carbons (Fsp3) is 0.688. The predicted molar refractivity (Wildman–Crippen MR) is 84.6 cm³/mol. The van der Waals surface area contributed by atoms with E-state index in [0.29, 0.717) is 12.8 Å². The molecule has 134 valence electrons. The Morgan fingerprint density at radius 1 is 1.25 bits per heavy atom. The van der Waals surface area contributed by atoms with Crippen molar-refractivity contribution < 1.29 is 29.0 Å². The highest BCUT2D eigenvalue weighted by molar-refractivity contribution is 5.83. The monoisotopic (exact) mass is 340 g/mol. The van der Waals surface area contributed by atoms with E-state index in [1.54, 1.807) is 20.8 Å². The maximum absolute atomic E-state index is 12.5. The minimum atomic E-state index is -1.16. The number of carboxylic acids is 1. The second-order valence-electron chi connectivity index (χ2n) is 6.99. The Labute approximate surface area is 141 Å². The molecule has 2 fully saturated rings. The Bertz CT molecular complexity index is 541. The second kappa shape index (κ2) is 6.70. The number of aliphatic carboxylic acids is 1. The molecular formula is C16H24N2O6. The molecule has 0 unspecified atom stereocenters. The fourth-order valence-corrected chi connectivity index (χ4v) is 3.25. The van der Waals surface area contributed by atoms with Crippen LogP contribution in [0.2, 0.25) is 0 Å². The van der Waals surface area contributed by atoms with Gasteiger partial charge in [0.2, 0.25) is 0 Å². The number of amides is 2.